The van der Waals surface area contributed by atoms with Gasteiger partial charge in [0.05, 0.1) is 10.0 Å². The lowest BCUT2D eigenvalue weighted by Gasteiger charge is -2.37. The van der Waals surface area contributed by atoms with Crippen molar-refractivity contribution in [2.45, 2.75) is 11.7 Å². The van der Waals surface area contributed by atoms with Crippen LogP contribution in [0.4, 0.5) is 18.0 Å². The number of hydrogen-bond acceptors (Lipinski definition) is 1. The fourth-order valence-corrected chi connectivity index (χ4v) is 3.02. The standard InChI is InChI=1S/C19H13Cl2F3N2O/c20-15-9-7-12(10-16(15)21)6-8-14-11-18(19(22,23)24,26-17(27)25-14)13-4-2-1-3-5-13/h1-11H,(H2,25,26,27)/b8-6+/t18-/m0/s1. The zero-order valence-corrected chi connectivity index (χ0v) is 15.2. The molecule has 0 aromatic heterocycles. The molecule has 0 bridgehead atoms. The number of allylic oxidation sites excluding steroid dienone is 1. The molecule has 27 heavy (non-hydrogen) atoms. The van der Waals surface area contributed by atoms with Crippen molar-refractivity contribution in [2.75, 3.05) is 0 Å². The van der Waals surface area contributed by atoms with Gasteiger partial charge in [-0.15, -0.1) is 0 Å². The fourth-order valence-electron chi connectivity index (χ4n) is 2.71. The number of carbonyl (C=O) groups is 1. The van der Waals surface area contributed by atoms with Gasteiger partial charge in [0.1, 0.15) is 0 Å². The summed E-state index contributed by atoms with van der Waals surface area (Å²) in [5, 5.41) is 5.06. The van der Waals surface area contributed by atoms with E-state index in [1.54, 1.807) is 24.3 Å². The Kier molecular flexibility index (Phi) is 5.22. The van der Waals surface area contributed by atoms with Gasteiger partial charge in [-0.1, -0.05) is 65.7 Å². The number of carbonyl (C=O) groups excluding carboxylic acids is 1. The van der Waals surface area contributed by atoms with E-state index in [4.69, 9.17) is 23.2 Å². The molecule has 1 aliphatic heterocycles. The van der Waals surface area contributed by atoms with Crippen LogP contribution in [0.25, 0.3) is 6.08 Å². The van der Waals surface area contributed by atoms with Gasteiger partial charge in [-0.25, -0.2) is 4.79 Å². The molecule has 0 fully saturated rings. The minimum atomic E-state index is -4.74. The summed E-state index contributed by atoms with van der Waals surface area (Å²) in [4.78, 5) is 12.0. The summed E-state index contributed by atoms with van der Waals surface area (Å²) in [6, 6.07) is 11.0. The Morgan fingerprint density at radius 2 is 1.67 bits per heavy atom. The molecule has 1 heterocycles. The molecular weight excluding hydrogens is 400 g/mol. The average molecular weight is 413 g/mol. The maximum absolute atomic E-state index is 13.9. The number of alkyl halides is 3. The van der Waals surface area contributed by atoms with Crippen molar-refractivity contribution in [2.24, 2.45) is 0 Å². The van der Waals surface area contributed by atoms with Gasteiger partial charge in [-0.05, 0) is 35.4 Å². The van der Waals surface area contributed by atoms with Gasteiger partial charge >= 0.3 is 12.2 Å². The number of benzene rings is 2. The molecule has 0 unspecified atom stereocenters. The summed E-state index contributed by atoms with van der Waals surface area (Å²) in [6.07, 6.45) is -0.889. The highest BCUT2D eigenvalue weighted by Crippen LogP contribution is 2.42. The fraction of sp³-hybridized carbons (Fsp3) is 0.105. The lowest BCUT2D eigenvalue weighted by molar-refractivity contribution is -0.182. The molecule has 2 aromatic carbocycles. The summed E-state index contributed by atoms with van der Waals surface area (Å²) < 4.78 is 41.8. The molecule has 0 radical (unpaired) electrons. The topological polar surface area (TPSA) is 41.1 Å². The van der Waals surface area contributed by atoms with E-state index in [1.807, 2.05) is 5.32 Å². The zero-order valence-electron chi connectivity index (χ0n) is 13.6. The molecule has 3 rings (SSSR count). The molecule has 0 aliphatic carbocycles. The highest BCUT2D eigenvalue weighted by molar-refractivity contribution is 6.42. The number of halogens is 5. The van der Waals surface area contributed by atoms with Crippen LogP contribution in [0.1, 0.15) is 11.1 Å². The van der Waals surface area contributed by atoms with Crippen molar-refractivity contribution in [1.29, 1.82) is 0 Å². The van der Waals surface area contributed by atoms with E-state index in [1.165, 1.54) is 36.4 Å². The Morgan fingerprint density at radius 1 is 0.963 bits per heavy atom. The normalized spacial score (nSPS) is 20.2. The molecule has 2 amide bonds. The van der Waals surface area contributed by atoms with E-state index in [0.29, 0.717) is 15.6 Å². The van der Waals surface area contributed by atoms with Gasteiger partial charge in [-0.2, -0.15) is 13.2 Å². The third-order valence-electron chi connectivity index (χ3n) is 4.02. The predicted molar refractivity (Wildman–Crippen MR) is 99.4 cm³/mol. The average Bonchev–Trinajstić information content (AvgIpc) is 2.62. The first-order valence-corrected chi connectivity index (χ1v) is 8.54. The Morgan fingerprint density at radius 3 is 2.30 bits per heavy atom. The van der Waals surface area contributed by atoms with Gasteiger partial charge in [0.25, 0.3) is 0 Å². The summed E-state index contributed by atoms with van der Waals surface area (Å²) in [5.74, 6) is 0. The molecule has 8 heteroatoms. The maximum Gasteiger partial charge on any atom is 0.419 e. The van der Waals surface area contributed by atoms with E-state index in [0.717, 1.165) is 6.08 Å². The molecule has 0 saturated carbocycles. The first kappa shape index (κ1) is 19.3. The molecule has 1 aliphatic rings. The molecule has 2 aromatic rings. The Labute approximate surface area is 163 Å². The van der Waals surface area contributed by atoms with E-state index in [-0.39, 0.29) is 11.3 Å². The summed E-state index contributed by atoms with van der Waals surface area (Å²) in [5.41, 5.74) is -2.09. The van der Waals surface area contributed by atoms with Crippen LogP contribution < -0.4 is 10.6 Å². The molecule has 2 N–H and O–H groups in total. The van der Waals surface area contributed by atoms with Gasteiger partial charge in [0, 0.05) is 5.70 Å². The van der Waals surface area contributed by atoms with Crippen LogP contribution >= 0.6 is 23.2 Å². The summed E-state index contributed by atoms with van der Waals surface area (Å²) in [6.45, 7) is 0. The number of amides is 2. The van der Waals surface area contributed by atoms with Crippen LogP contribution in [-0.4, -0.2) is 12.2 Å². The van der Waals surface area contributed by atoms with Crippen LogP contribution in [-0.2, 0) is 5.54 Å². The zero-order chi connectivity index (χ0) is 19.7. The monoisotopic (exact) mass is 412 g/mol. The van der Waals surface area contributed by atoms with E-state index < -0.39 is 17.7 Å². The van der Waals surface area contributed by atoms with Crippen LogP contribution in [0.15, 0.2) is 66.4 Å². The second-order valence-corrected chi connectivity index (χ2v) is 6.67. The first-order chi connectivity index (χ1) is 12.7. The lowest BCUT2D eigenvalue weighted by atomic mass is 9.86. The number of hydrogen-bond donors (Lipinski definition) is 2. The van der Waals surface area contributed by atoms with Crippen molar-refractivity contribution >= 4 is 35.3 Å². The maximum atomic E-state index is 13.9. The van der Waals surface area contributed by atoms with Crippen molar-refractivity contribution in [1.82, 2.24) is 10.6 Å². The predicted octanol–water partition coefficient (Wildman–Crippen LogP) is 5.66. The largest absolute Gasteiger partial charge is 0.419 e. The van der Waals surface area contributed by atoms with Crippen molar-refractivity contribution in [3.05, 3.63) is 87.6 Å². The SMILES string of the molecule is O=C1NC(/C=C/c2ccc(Cl)c(Cl)c2)=C[C@](c2ccccc2)(C(F)(F)F)N1. The molecule has 0 saturated heterocycles. The highest BCUT2D eigenvalue weighted by Gasteiger charge is 2.57. The third-order valence-corrected chi connectivity index (χ3v) is 4.75. The molecule has 3 nitrogen and oxygen atoms in total. The van der Waals surface area contributed by atoms with Crippen molar-refractivity contribution in [3.63, 3.8) is 0 Å². The summed E-state index contributed by atoms with van der Waals surface area (Å²) in [7, 11) is 0. The van der Waals surface area contributed by atoms with E-state index in [2.05, 4.69) is 5.32 Å². The number of nitrogens with one attached hydrogen (secondary N) is 2. The minimum absolute atomic E-state index is 0.00556. The first-order valence-electron chi connectivity index (χ1n) is 7.79. The molecule has 140 valence electrons. The van der Waals surface area contributed by atoms with Crippen LogP contribution in [0.2, 0.25) is 10.0 Å². The molecular formula is C19H13Cl2F3N2O. The van der Waals surface area contributed by atoms with E-state index in [9.17, 15) is 18.0 Å². The van der Waals surface area contributed by atoms with Crippen LogP contribution in [0.5, 0.6) is 0 Å². The lowest BCUT2D eigenvalue weighted by Crippen LogP contribution is -2.60. The van der Waals surface area contributed by atoms with E-state index >= 15 is 0 Å². The minimum Gasteiger partial charge on any atom is -0.316 e. The van der Waals surface area contributed by atoms with Gasteiger partial charge in [0.15, 0.2) is 5.54 Å². The van der Waals surface area contributed by atoms with Crippen LogP contribution in [0.3, 0.4) is 0 Å². The second-order valence-electron chi connectivity index (χ2n) is 5.86. The molecule has 1 atom stereocenters. The third kappa shape index (κ3) is 3.96. The van der Waals surface area contributed by atoms with Crippen molar-refractivity contribution < 1.29 is 18.0 Å². The van der Waals surface area contributed by atoms with Gasteiger partial charge < -0.3 is 10.6 Å². The summed E-state index contributed by atoms with van der Waals surface area (Å²) >= 11 is 11.8. The van der Waals surface area contributed by atoms with Crippen molar-refractivity contribution in [3.8, 4) is 0 Å². The Hall–Kier alpha value is -2.44. The van der Waals surface area contributed by atoms with Crippen LogP contribution in [0, 0.1) is 0 Å². The molecule has 0 spiro atoms. The smallest absolute Gasteiger partial charge is 0.316 e. The van der Waals surface area contributed by atoms with Gasteiger partial charge in [-0.3, -0.25) is 0 Å². The number of urea groups is 1. The second kappa shape index (κ2) is 7.29. The Balaban J connectivity index is 2.04. The Bertz CT molecular complexity index is 926. The quantitative estimate of drug-likeness (QED) is 0.670. The highest BCUT2D eigenvalue weighted by atomic mass is 35.5. The number of rotatable bonds is 3. The van der Waals surface area contributed by atoms with Gasteiger partial charge in [0.2, 0.25) is 0 Å².